The zero-order valence-corrected chi connectivity index (χ0v) is 18.6. The normalized spacial score (nSPS) is 20.3. The van der Waals surface area contributed by atoms with Crippen molar-refractivity contribution < 1.29 is 26.7 Å². The minimum Gasteiger partial charge on any atom is -0.478 e. The van der Waals surface area contributed by atoms with Gasteiger partial charge in [0.25, 0.3) is 5.91 Å². The van der Waals surface area contributed by atoms with Crippen molar-refractivity contribution in [3.8, 4) is 5.75 Å². The van der Waals surface area contributed by atoms with E-state index in [0.29, 0.717) is 10.8 Å². The smallest absolute Gasteiger partial charge is 0.263 e. The van der Waals surface area contributed by atoms with Crippen molar-refractivity contribution in [2.24, 2.45) is 0 Å². The summed E-state index contributed by atoms with van der Waals surface area (Å²) in [5.74, 6) is -0.654. The van der Waals surface area contributed by atoms with E-state index in [0.717, 1.165) is 28.6 Å². The molecule has 6 nitrogen and oxygen atoms in total. The molecule has 0 aliphatic carbocycles. The van der Waals surface area contributed by atoms with Crippen molar-refractivity contribution in [3.05, 3.63) is 59.4 Å². The number of carbonyl (C=O) groups is 1. The minimum atomic E-state index is -3.96. The first-order chi connectivity index (χ1) is 14.5. The first-order valence-corrected chi connectivity index (χ1v) is 11.5. The highest BCUT2D eigenvalue weighted by atomic mass is 35.5. The summed E-state index contributed by atoms with van der Waals surface area (Å²) in [7, 11) is -3.96. The molecule has 1 saturated heterocycles. The molecule has 31 heavy (non-hydrogen) atoms. The number of ether oxygens (including phenoxy) is 1. The fourth-order valence-electron chi connectivity index (χ4n) is 3.20. The molecule has 1 aliphatic heterocycles. The molecule has 1 heterocycles. The van der Waals surface area contributed by atoms with Crippen molar-refractivity contribution in [3.63, 3.8) is 0 Å². The Kier molecular flexibility index (Phi) is 6.88. The van der Waals surface area contributed by atoms with E-state index in [2.05, 4.69) is 5.32 Å². The lowest BCUT2D eigenvalue weighted by Crippen LogP contribution is -2.57. The van der Waals surface area contributed by atoms with Gasteiger partial charge in [-0.05, 0) is 68.8 Å². The van der Waals surface area contributed by atoms with Gasteiger partial charge in [0.15, 0.2) is 5.60 Å². The third kappa shape index (κ3) is 5.53. The summed E-state index contributed by atoms with van der Waals surface area (Å²) in [4.78, 5) is 12.6. The first kappa shape index (κ1) is 23.4. The molecule has 1 aliphatic rings. The molecule has 10 heteroatoms. The molecule has 0 aromatic heterocycles. The molecule has 2 unspecified atom stereocenters. The van der Waals surface area contributed by atoms with Crippen molar-refractivity contribution in [2.75, 3.05) is 13.1 Å². The van der Waals surface area contributed by atoms with E-state index in [4.69, 9.17) is 16.3 Å². The number of sulfonamides is 1. The maximum absolute atomic E-state index is 14.8. The first-order valence-electron chi connectivity index (χ1n) is 9.64. The van der Waals surface area contributed by atoms with E-state index in [1.165, 1.54) is 0 Å². The number of hydrogen-bond acceptors (Lipinski definition) is 4. The number of rotatable bonds is 6. The number of carbonyl (C=O) groups excluding carboxylic acids is 1. The molecule has 168 valence electrons. The summed E-state index contributed by atoms with van der Waals surface area (Å²) in [6, 6.07) is 9.98. The Hall–Kier alpha value is -2.23. The Bertz CT molecular complexity index is 1030. The topological polar surface area (TPSA) is 75.7 Å². The number of benzene rings is 2. The van der Waals surface area contributed by atoms with Gasteiger partial charge in [-0.1, -0.05) is 11.6 Å². The minimum absolute atomic E-state index is 0.0174. The highest BCUT2D eigenvalue weighted by molar-refractivity contribution is 7.89. The van der Waals surface area contributed by atoms with Crippen LogP contribution in [-0.2, 0) is 14.8 Å². The van der Waals surface area contributed by atoms with Gasteiger partial charge in [0, 0.05) is 18.1 Å². The fourth-order valence-corrected chi connectivity index (χ4v) is 4.79. The summed E-state index contributed by atoms with van der Waals surface area (Å²) >= 11 is 5.84. The molecule has 0 bridgehead atoms. The number of piperidine rings is 1. The Morgan fingerprint density at radius 3 is 2.35 bits per heavy atom. The molecule has 0 spiro atoms. The Morgan fingerprint density at radius 2 is 1.77 bits per heavy atom. The maximum atomic E-state index is 14.8. The third-order valence-electron chi connectivity index (χ3n) is 5.01. The van der Waals surface area contributed by atoms with Crippen molar-refractivity contribution in [1.82, 2.24) is 9.62 Å². The highest BCUT2D eigenvalue weighted by Gasteiger charge is 2.39. The SMILES string of the molecule is CC(C)(Oc1ccc(Cl)cc1)C(=O)NC1CCN(S(=O)(=O)c2ccc(F)cc2)CC1F. The maximum Gasteiger partial charge on any atom is 0.263 e. The lowest BCUT2D eigenvalue weighted by molar-refractivity contribution is -0.135. The molecule has 2 atom stereocenters. The zero-order valence-electron chi connectivity index (χ0n) is 17.0. The number of amides is 1. The van der Waals surface area contributed by atoms with Crippen LogP contribution in [0.5, 0.6) is 5.75 Å². The van der Waals surface area contributed by atoms with E-state index in [1.54, 1.807) is 38.1 Å². The van der Waals surface area contributed by atoms with E-state index >= 15 is 0 Å². The lowest BCUT2D eigenvalue weighted by Gasteiger charge is -2.36. The second-order valence-electron chi connectivity index (χ2n) is 7.77. The summed E-state index contributed by atoms with van der Waals surface area (Å²) < 4.78 is 59.9. The molecular weight excluding hydrogens is 450 g/mol. The van der Waals surface area contributed by atoms with Crippen LogP contribution in [0.4, 0.5) is 8.78 Å². The van der Waals surface area contributed by atoms with Crippen LogP contribution in [0.25, 0.3) is 0 Å². The van der Waals surface area contributed by atoms with Crippen molar-refractivity contribution in [2.45, 2.75) is 43.0 Å². The van der Waals surface area contributed by atoms with Gasteiger partial charge in [0.1, 0.15) is 17.7 Å². The monoisotopic (exact) mass is 472 g/mol. The van der Waals surface area contributed by atoms with Crippen molar-refractivity contribution in [1.29, 1.82) is 0 Å². The van der Waals surface area contributed by atoms with Crippen LogP contribution >= 0.6 is 11.6 Å². The molecule has 3 rings (SSSR count). The van der Waals surface area contributed by atoms with Gasteiger partial charge in [0.2, 0.25) is 10.0 Å². The molecule has 0 saturated carbocycles. The van der Waals surface area contributed by atoms with E-state index in [-0.39, 0.29) is 17.9 Å². The summed E-state index contributed by atoms with van der Waals surface area (Å²) in [6.45, 7) is 2.71. The van der Waals surface area contributed by atoms with Crippen LogP contribution in [0.1, 0.15) is 20.3 Å². The number of hydrogen-bond donors (Lipinski definition) is 1. The molecule has 1 N–H and O–H groups in total. The van der Waals surface area contributed by atoms with Crippen LogP contribution in [0.3, 0.4) is 0 Å². The predicted octanol–water partition coefficient (Wildman–Crippen LogP) is 3.55. The van der Waals surface area contributed by atoms with Crippen LogP contribution in [0.2, 0.25) is 5.02 Å². The van der Waals surface area contributed by atoms with Gasteiger partial charge >= 0.3 is 0 Å². The zero-order chi connectivity index (χ0) is 22.8. The highest BCUT2D eigenvalue weighted by Crippen LogP contribution is 2.25. The number of halogens is 3. The van der Waals surface area contributed by atoms with E-state index in [1.807, 2.05) is 0 Å². The Balaban J connectivity index is 1.62. The van der Waals surface area contributed by atoms with Gasteiger partial charge < -0.3 is 10.1 Å². The van der Waals surface area contributed by atoms with Crippen molar-refractivity contribution >= 4 is 27.5 Å². The summed E-state index contributed by atoms with van der Waals surface area (Å²) in [6.07, 6.45) is -1.52. The van der Waals surface area contributed by atoms with E-state index < -0.39 is 46.1 Å². The molecule has 1 fully saturated rings. The quantitative estimate of drug-likeness (QED) is 0.697. The predicted molar refractivity (Wildman–Crippen MR) is 113 cm³/mol. The molecule has 1 amide bonds. The van der Waals surface area contributed by atoms with Gasteiger partial charge in [-0.3, -0.25) is 4.79 Å². The summed E-state index contributed by atoms with van der Waals surface area (Å²) in [5, 5.41) is 3.15. The van der Waals surface area contributed by atoms with Gasteiger partial charge in [-0.25, -0.2) is 17.2 Å². The largest absolute Gasteiger partial charge is 0.478 e. The average molecular weight is 473 g/mol. The molecule has 2 aromatic carbocycles. The Morgan fingerprint density at radius 1 is 1.16 bits per heavy atom. The van der Waals surface area contributed by atoms with E-state index in [9.17, 15) is 22.0 Å². The van der Waals surface area contributed by atoms with Gasteiger partial charge in [-0.2, -0.15) is 4.31 Å². The number of nitrogens with zero attached hydrogens (tertiary/aromatic N) is 1. The van der Waals surface area contributed by atoms with Gasteiger partial charge in [-0.15, -0.1) is 0 Å². The molecular formula is C21H23ClF2N2O4S. The second-order valence-corrected chi connectivity index (χ2v) is 10.1. The van der Waals surface area contributed by atoms with Crippen LogP contribution in [0, 0.1) is 5.82 Å². The molecule has 2 aromatic rings. The standard InChI is InChI=1S/C21H23ClF2N2O4S/c1-21(2,30-16-7-3-14(22)4-8-16)20(27)25-19-11-12-26(13-18(19)24)31(28,29)17-9-5-15(23)6-10-17/h3-10,18-19H,11-13H2,1-2H3,(H,25,27). The lowest BCUT2D eigenvalue weighted by atomic mass is 10.0. The average Bonchev–Trinajstić information content (AvgIpc) is 2.71. The number of nitrogens with one attached hydrogen (secondary N) is 1. The Labute approximate surface area is 185 Å². The van der Waals surface area contributed by atoms with Crippen LogP contribution in [0.15, 0.2) is 53.4 Å². The van der Waals surface area contributed by atoms with Crippen LogP contribution < -0.4 is 10.1 Å². The molecule has 0 radical (unpaired) electrons. The van der Waals surface area contributed by atoms with Crippen LogP contribution in [-0.4, -0.2) is 49.5 Å². The third-order valence-corrected chi connectivity index (χ3v) is 7.14. The van der Waals surface area contributed by atoms with Gasteiger partial charge in [0.05, 0.1) is 10.9 Å². The second kappa shape index (κ2) is 9.10. The summed E-state index contributed by atoms with van der Waals surface area (Å²) in [5.41, 5.74) is -1.29. The number of alkyl halides is 1. The fraction of sp³-hybridized carbons (Fsp3) is 0.381.